The molecule has 0 bridgehead atoms. The lowest BCUT2D eigenvalue weighted by atomic mass is 9.88. The zero-order valence-corrected chi connectivity index (χ0v) is 9.85. The molecule has 0 saturated heterocycles. The van der Waals surface area contributed by atoms with Crippen LogP contribution in [0.5, 0.6) is 0 Å². The van der Waals surface area contributed by atoms with E-state index in [-0.39, 0.29) is 5.60 Å². The van der Waals surface area contributed by atoms with Crippen molar-refractivity contribution in [3.05, 3.63) is 34.9 Å². The predicted molar refractivity (Wildman–Crippen MR) is 60.6 cm³/mol. The Balaban J connectivity index is 3.30. The first-order valence-corrected chi connectivity index (χ1v) is 5.17. The van der Waals surface area contributed by atoms with E-state index in [1.54, 1.807) is 7.11 Å². The summed E-state index contributed by atoms with van der Waals surface area (Å²) in [5, 5.41) is 0. The van der Waals surface area contributed by atoms with Crippen molar-refractivity contribution in [2.75, 3.05) is 7.11 Å². The van der Waals surface area contributed by atoms with Gasteiger partial charge in [0.05, 0.1) is 5.60 Å². The zero-order valence-electron chi connectivity index (χ0n) is 9.85. The molecule has 1 aromatic carbocycles. The second kappa shape index (κ2) is 4.14. The molecule has 1 nitrogen and oxygen atoms in total. The largest absolute Gasteiger partial charge is 0.374 e. The minimum Gasteiger partial charge on any atom is -0.374 e. The van der Waals surface area contributed by atoms with Gasteiger partial charge in [-0.25, -0.2) is 0 Å². The van der Waals surface area contributed by atoms with Gasteiger partial charge in [-0.05, 0) is 43.9 Å². The van der Waals surface area contributed by atoms with Crippen molar-refractivity contribution >= 4 is 0 Å². The van der Waals surface area contributed by atoms with E-state index in [1.165, 1.54) is 16.7 Å². The molecule has 0 amide bonds. The summed E-state index contributed by atoms with van der Waals surface area (Å²) in [6.45, 7) is 8.57. The molecule has 0 aliphatic rings. The van der Waals surface area contributed by atoms with Gasteiger partial charge in [-0.15, -0.1) is 0 Å². The van der Waals surface area contributed by atoms with Crippen LogP contribution in [-0.4, -0.2) is 7.11 Å². The van der Waals surface area contributed by atoms with Gasteiger partial charge in [0.1, 0.15) is 0 Å². The van der Waals surface area contributed by atoms with Gasteiger partial charge in [0.25, 0.3) is 0 Å². The van der Waals surface area contributed by atoms with Crippen LogP contribution in [-0.2, 0) is 16.8 Å². The maximum Gasteiger partial charge on any atom is 0.0876 e. The molecule has 0 aliphatic heterocycles. The van der Waals surface area contributed by atoms with Crippen LogP contribution in [0.3, 0.4) is 0 Å². The third-order valence-corrected chi connectivity index (χ3v) is 2.85. The summed E-state index contributed by atoms with van der Waals surface area (Å²) in [6, 6.07) is 6.45. The Kier molecular flexibility index (Phi) is 3.33. The minimum absolute atomic E-state index is 0.184. The van der Waals surface area contributed by atoms with Crippen LogP contribution >= 0.6 is 0 Å². The van der Waals surface area contributed by atoms with Crippen molar-refractivity contribution in [1.82, 2.24) is 0 Å². The van der Waals surface area contributed by atoms with Gasteiger partial charge in [-0.3, -0.25) is 0 Å². The SMILES string of the molecule is CCc1cccc(C)c1C(C)(C)OC. The van der Waals surface area contributed by atoms with Crippen molar-refractivity contribution in [1.29, 1.82) is 0 Å². The van der Waals surface area contributed by atoms with Crippen LogP contribution < -0.4 is 0 Å². The van der Waals surface area contributed by atoms with Crippen LogP contribution in [0.2, 0.25) is 0 Å². The van der Waals surface area contributed by atoms with Gasteiger partial charge in [0.15, 0.2) is 0 Å². The average Bonchev–Trinajstić information content (AvgIpc) is 2.17. The molecule has 1 heteroatoms. The van der Waals surface area contributed by atoms with E-state index in [1.807, 2.05) is 0 Å². The highest BCUT2D eigenvalue weighted by molar-refractivity contribution is 5.38. The molecule has 0 saturated carbocycles. The number of ether oxygens (including phenoxy) is 1. The maximum atomic E-state index is 5.55. The topological polar surface area (TPSA) is 9.23 Å². The number of hydrogen-bond acceptors (Lipinski definition) is 1. The van der Waals surface area contributed by atoms with E-state index in [4.69, 9.17) is 4.74 Å². The highest BCUT2D eigenvalue weighted by Crippen LogP contribution is 2.30. The average molecular weight is 192 g/mol. The fraction of sp³-hybridized carbons (Fsp3) is 0.538. The summed E-state index contributed by atoms with van der Waals surface area (Å²) in [6.07, 6.45) is 1.06. The Morgan fingerprint density at radius 3 is 2.43 bits per heavy atom. The second-order valence-corrected chi connectivity index (χ2v) is 4.18. The zero-order chi connectivity index (χ0) is 10.8. The van der Waals surface area contributed by atoms with E-state index < -0.39 is 0 Å². The second-order valence-electron chi connectivity index (χ2n) is 4.18. The lowest BCUT2D eigenvalue weighted by molar-refractivity contribution is 0.0180. The standard InChI is InChI=1S/C13H20O/c1-6-11-9-7-8-10(2)12(11)13(3,4)14-5/h7-9H,6H2,1-5H3. The van der Waals surface area contributed by atoms with Crippen LogP contribution in [0.4, 0.5) is 0 Å². The monoisotopic (exact) mass is 192 g/mol. The van der Waals surface area contributed by atoms with Gasteiger partial charge < -0.3 is 4.74 Å². The molecule has 0 atom stereocenters. The maximum absolute atomic E-state index is 5.55. The summed E-state index contributed by atoms with van der Waals surface area (Å²) >= 11 is 0. The molecule has 1 aromatic rings. The third-order valence-electron chi connectivity index (χ3n) is 2.85. The smallest absolute Gasteiger partial charge is 0.0876 e. The molecule has 0 radical (unpaired) electrons. The van der Waals surface area contributed by atoms with Crippen molar-refractivity contribution in [2.24, 2.45) is 0 Å². The number of rotatable bonds is 3. The molecule has 0 unspecified atom stereocenters. The predicted octanol–water partition coefficient (Wildman–Crippen LogP) is 3.44. The molecule has 78 valence electrons. The van der Waals surface area contributed by atoms with Gasteiger partial charge in [-0.1, -0.05) is 25.1 Å². The molecule has 14 heavy (non-hydrogen) atoms. The van der Waals surface area contributed by atoms with Crippen LogP contribution in [0, 0.1) is 6.92 Å². The molecule has 1 rings (SSSR count). The molecule has 0 fully saturated rings. The number of methoxy groups -OCH3 is 1. The molecular weight excluding hydrogens is 172 g/mol. The molecule has 0 aliphatic carbocycles. The summed E-state index contributed by atoms with van der Waals surface area (Å²) in [5.41, 5.74) is 3.86. The van der Waals surface area contributed by atoms with Crippen LogP contribution in [0.25, 0.3) is 0 Å². The lowest BCUT2D eigenvalue weighted by Crippen LogP contribution is -2.22. The van der Waals surface area contributed by atoms with Crippen LogP contribution in [0.15, 0.2) is 18.2 Å². The molecule has 0 aromatic heterocycles. The highest BCUT2D eigenvalue weighted by Gasteiger charge is 2.23. The van der Waals surface area contributed by atoms with E-state index in [0.717, 1.165) is 6.42 Å². The number of aryl methyl sites for hydroxylation is 2. The first-order valence-electron chi connectivity index (χ1n) is 5.17. The third kappa shape index (κ3) is 1.98. The highest BCUT2D eigenvalue weighted by atomic mass is 16.5. The molecule has 0 spiro atoms. The van der Waals surface area contributed by atoms with Crippen molar-refractivity contribution in [3.63, 3.8) is 0 Å². The van der Waals surface area contributed by atoms with E-state index in [9.17, 15) is 0 Å². The van der Waals surface area contributed by atoms with E-state index >= 15 is 0 Å². The summed E-state index contributed by atoms with van der Waals surface area (Å²) < 4.78 is 5.55. The Morgan fingerprint density at radius 1 is 1.29 bits per heavy atom. The van der Waals surface area contributed by atoms with E-state index in [0.29, 0.717) is 0 Å². The minimum atomic E-state index is -0.184. The quantitative estimate of drug-likeness (QED) is 0.713. The molecular formula is C13H20O. The Labute approximate surface area is 87.1 Å². The number of benzene rings is 1. The summed E-state index contributed by atoms with van der Waals surface area (Å²) in [5.74, 6) is 0. The fourth-order valence-corrected chi connectivity index (χ4v) is 1.99. The Bertz CT molecular complexity index is 313. The Morgan fingerprint density at radius 2 is 1.93 bits per heavy atom. The van der Waals surface area contributed by atoms with E-state index in [2.05, 4.69) is 45.9 Å². The Hall–Kier alpha value is -0.820. The molecule has 0 heterocycles. The van der Waals surface area contributed by atoms with Crippen molar-refractivity contribution < 1.29 is 4.74 Å². The van der Waals surface area contributed by atoms with Crippen molar-refractivity contribution in [3.8, 4) is 0 Å². The number of hydrogen-bond donors (Lipinski definition) is 0. The summed E-state index contributed by atoms with van der Waals surface area (Å²) in [7, 11) is 1.77. The van der Waals surface area contributed by atoms with Gasteiger partial charge in [0, 0.05) is 7.11 Å². The normalized spacial score (nSPS) is 11.8. The van der Waals surface area contributed by atoms with Gasteiger partial charge in [0.2, 0.25) is 0 Å². The van der Waals surface area contributed by atoms with Crippen molar-refractivity contribution in [2.45, 2.75) is 39.7 Å². The van der Waals surface area contributed by atoms with Gasteiger partial charge in [-0.2, -0.15) is 0 Å². The van der Waals surface area contributed by atoms with Crippen LogP contribution in [0.1, 0.15) is 37.5 Å². The fourth-order valence-electron chi connectivity index (χ4n) is 1.99. The molecule has 0 N–H and O–H groups in total. The van der Waals surface area contributed by atoms with Gasteiger partial charge >= 0.3 is 0 Å². The first-order chi connectivity index (χ1) is 6.53. The summed E-state index contributed by atoms with van der Waals surface area (Å²) in [4.78, 5) is 0. The first kappa shape index (κ1) is 11.3. The lowest BCUT2D eigenvalue weighted by Gasteiger charge is -2.28.